The SMILES string of the molecule is N#CC(C#N)=c1ccc(=C(C#N)C#N)c2ccccc12. The van der Waals surface area contributed by atoms with E-state index >= 15 is 0 Å². The Morgan fingerprint density at radius 3 is 1.25 bits per heavy atom. The first-order valence-electron chi connectivity index (χ1n) is 5.63. The summed E-state index contributed by atoms with van der Waals surface area (Å²) in [6.07, 6.45) is 0. The van der Waals surface area contributed by atoms with Gasteiger partial charge in [0.25, 0.3) is 0 Å². The van der Waals surface area contributed by atoms with Crippen LogP contribution in [0.5, 0.6) is 0 Å². The molecule has 0 N–H and O–H groups in total. The average molecular weight is 254 g/mol. The maximum absolute atomic E-state index is 8.99. The number of hydrogen-bond donors (Lipinski definition) is 0. The first kappa shape index (κ1) is 12.8. The van der Waals surface area contributed by atoms with Crippen LogP contribution in [0.4, 0.5) is 0 Å². The molecule has 0 saturated heterocycles. The zero-order valence-electron chi connectivity index (χ0n) is 10.3. The molecule has 0 atom stereocenters. The number of hydrogen-bond acceptors (Lipinski definition) is 4. The van der Waals surface area contributed by atoms with Gasteiger partial charge in [-0.3, -0.25) is 0 Å². The summed E-state index contributed by atoms with van der Waals surface area (Å²) in [6.45, 7) is 0. The molecule has 0 fully saturated rings. The molecule has 0 amide bonds. The molecule has 0 bridgehead atoms. The highest BCUT2D eigenvalue weighted by molar-refractivity contribution is 5.92. The molecule has 0 radical (unpaired) electrons. The Kier molecular flexibility index (Phi) is 3.45. The van der Waals surface area contributed by atoms with Gasteiger partial charge >= 0.3 is 0 Å². The number of nitrogens with zero attached hydrogens (tertiary/aromatic N) is 4. The highest BCUT2D eigenvalue weighted by atomic mass is 14.3. The van der Waals surface area contributed by atoms with Crippen molar-refractivity contribution < 1.29 is 0 Å². The van der Waals surface area contributed by atoms with E-state index in [2.05, 4.69) is 0 Å². The molecule has 90 valence electrons. The van der Waals surface area contributed by atoms with Crippen LogP contribution in [0.3, 0.4) is 0 Å². The van der Waals surface area contributed by atoms with Gasteiger partial charge in [-0.25, -0.2) is 0 Å². The van der Waals surface area contributed by atoms with Crippen LogP contribution in [0.1, 0.15) is 0 Å². The predicted molar refractivity (Wildman–Crippen MR) is 72.5 cm³/mol. The second-order valence-electron chi connectivity index (χ2n) is 3.90. The molecule has 0 aliphatic rings. The Balaban J connectivity index is 3.21. The monoisotopic (exact) mass is 254 g/mol. The number of fused-ring (bicyclic) bond motifs is 1. The minimum atomic E-state index is 0.00298. The van der Waals surface area contributed by atoms with Crippen molar-refractivity contribution in [3.8, 4) is 24.3 Å². The second kappa shape index (κ2) is 5.36. The number of rotatable bonds is 0. The van der Waals surface area contributed by atoms with Gasteiger partial charge in [-0.05, 0) is 10.8 Å². The molecule has 0 unspecified atom stereocenters. The number of nitriles is 4. The summed E-state index contributed by atoms with van der Waals surface area (Å²) in [4.78, 5) is 0. The fourth-order valence-corrected chi connectivity index (χ4v) is 2.03. The second-order valence-corrected chi connectivity index (χ2v) is 3.90. The van der Waals surface area contributed by atoms with Crippen LogP contribution in [0.2, 0.25) is 0 Å². The molecule has 2 aromatic carbocycles. The van der Waals surface area contributed by atoms with Crippen molar-refractivity contribution in [2.24, 2.45) is 0 Å². The topological polar surface area (TPSA) is 95.2 Å². The van der Waals surface area contributed by atoms with Crippen molar-refractivity contribution in [2.45, 2.75) is 0 Å². The molecule has 20 heavy (non-hydrogen) atoms. The molecule has 2 rings (SSSR count). The lowest BCUT2D eigenvalue weighted by molar-refractivity contribution is 1.48. The molecular weight excluding hydrogens is 248 g/mol. The van der Waals surface area contributed by atoms with E-state index in [-0.39, 0.29) is 11.1 Å². The van der Waals surface area contributed by atoms with Crippen LogP contribution in [0, 0.1) is 45.3 Å². The molecule has 0 spiro atoms. The minimum Gasteiger partial charge on any atom is -0.192 e. The molecule has 0 aromatic heterocycles. The van der Waals surface area contributed by atoms with Crippen LogP contribution in [-0.4, -0.2) is 0 Å². The molecular formula is C16H6N4. The van der Waals surface area contributed by atoms with Gasteiger partial charge in [-0.15, -0.1) is 0 Å². The first-order chi connectivity index (χ1) is 9.76. The van der Waals surface area contributed by atoms with E-state index < -0.39 is 0 Å². The summed E-state index contributed by atoms with van der Waals surface area (Å²) < 4.78 is 0. The van der Waals surface area contributed by atoms with Gasteiger partial charge < -0.3 is 0 Å². The van der Waals surface area contributed by atoms with Gasteiger partial charge in [-0.2, -0.15) is 21.0 Å². The Morgan fingerprint density at radius 2 is 0.950 bits per heavy atom. The largest absolute Gasteiger partial charge is 0.192 e. The van der Waals surface area contributed by atoms with Crippen LogP contribution < -0.4 is 10.4 Å². The van der Waals surface area contributed by atoms with Crippen LogP contribution >= 0.6 is 0 Å². The van der Waals surface area contributed by atoms with E-state index in [0.29, 0.717) is 21.2 Å². The Morgan fingerprint density at radius 1 is 0.600 bits per heavy atom. The molecule has 4 nitrogen and oxygen atoms in total. The van der Waals surface area contributed by atoms with E-state index in [1.165, 1.54) is 0 Å². The molecule has 0 aliphatic carbocycles. The predicted octanol–water partition coefficient (Wildman–Crippen LogP) is 1.24. The lowest BCUT2D eigenvalue weighted by atomic mass is 10.0. The third kappa shape index (κ3) is 1.95. The lowest BCUT2D eigenvalue weighted by Crippen LogP contribution is -2.15. The van der Waals surface area contributed by atoms with E-state index in [1.54, 1.807) is 36.4 Å². The fraction of sp³-hybridized carbons (Fsp3) is 0. The van der Waals surface area contributed by atoms with Crippen molar-refractivity contribution in [3.63, 3.8) is 0 Å². The quantitative estimate of drug-likeness (QED) is 0.706. The Hall–Kier alpha value is -3.60. The summed E-state index contributed by atoms with van der Waals surface area (Å²) in [5, 5.41) is 38.3. The van der Waals surface area contributed by atoms with Crippen molar-refractivity contribution in [2.75, 3.05) is 0 Å². The highest BCUT2D eigenvalue weighted by Crippen LogP contribution is 2.07. The van der Waals surface area contributed by atoms with Crippen molar-refractivity contribution >= 4 is 21.9 Å². The smallest absolute Gasteiger partial charge is 0.137 e. The summed E-state index contributed by atoms with van der Waals surface area (Å²) >= 11 is 0. The molecule has 2 aromatic rings. The van der Waals surface area contributed by atoms with Gasteiger partial charge in [-0.1, -0.05) is 36.4 Å². The van der Waals surface area contributed by atoms with Crippen molar-refractivity contribution in [3.05, 3.63) is 46.8 Å². The molecule has 4 heteroatoms. The zero-order valence-corrected chi connectivity index (χ0v) is 10.3. The highest BCUT2D eigenvalue weighted by Gasteiger charge is 2.04. The molecule has 0 heterocycles. The van der Waals surface area contributed by atoms with Gasteiger partial charge in [0, 0.05) is 10.4 Å². The summed E-state index contributed by atoms with van der Waals surface area (Å²) in [5.74, 6) is 0. The summed E-state index contributed by atoms with van der Waals surface area (Å²) in [6, 6.07) is 17.7. The normalized spacial score (nSPS) is 8.80. The van der Waals surface area contributed by atoms with Gasteiger partial charge in [0.05, 0.1) is 0 Å². The standard InChI is InChI=1S/C16H6N4/c17-7-11(8-18)13-5-6-14(12(9-19)10-20)16-4-2-1-3-15(13)16/h1-6H. The number of benzene rings is 2. The minimum absolute atomic E-state index is 0.00298. The fourth-order valence-electron chi connectivity index (χ4n) is 2.03. The van der Waals surface area contributed by atoms with Gasteiger partial charge in [0.2, 0.25) is 0 Å². The van der Waals surface area contributed by atoms with E-state index in [1.807, 2.05) is 24.3 Å². The average Bonchev–Trinajstić information content (AvgIpc) is 2.51. The van der Waals surface area contributed by atoms with Crippen LogP contribution in [0.15, 0.2) is 36.4 Å². The lowest BCUT2D eigenvalue weighted by Gasteiger charge is -2.00. The Labute approximate surface area is 114 Å². The first-order valence-corrected chi connectivity index (χ1v) is 5.63. The maximum atomic E-state index is 8.99. The van der Waals surface area contributed by atoms with E-state index in [4.69, 9.17) is 21.0 Å². The van der Waals surface area contributed by atoms with Gasteiger partial charge in [0.1, 0.15) is 35.4 Å². The third-order valence-electron chi connectivity index (χ3n) is 2.91. The van der Waals surface area contributed by atoms with Gasteiger partial charge in [0.15, 0.2) is 0 Å². The van der Waals surface area contributed by atoms with Crippen molar-refractivity contribution in [1.29, 1.82) is 21.0 Å². The maximum Gasteiger partial charge on any atom is 0.137 e. The molecule has 0 aliphatic heterocycles. The van der Waals surface area contributed by atoms with Crippen molar-refractivity contribution in [1.82, 2.24) is 0 Å². The summed E-state index contributed by atoms with van der Waals surface area (Å²) in [7, 11) is 0. The van der Waals surface area contributed by atoms with E-state index in [0.717, 1.165) is 0 Å². The van der Waals surface area contributed by atoms with Crippen LogP contribution in [-0.2, 0) is 0 Å². The van der Waals surface area contributed by atoms with E-state index in [9.17, 15) is 0 Å². The van der Waals surface area contributed by atoms with Crippen LogP contribution in [0.25, 0.3) is 21.9 Å². The Bertz CT molecular complexity index is 872. The third-order valence-corrected chi connectivity index (χ3v) is 2.91. The molecule has 0 saturated carbocycles. The zero-order chi connectivity index (χ0) is 14.5. The summed E-state index contributed by atoms with van der Waals surface area (Å²) in [5.41, 5.74) is 0.00595.